The molecule has 1 heterocycles. The summed E-state index contributed by atoms with van der Waals surface area (Å²) in [5.74, 6) is -1.38. The summed E-state index contributed by atoms with van der Waals surface area (Å²) < 4.78 is 10.6. The number of rotatable bonds is 8. The molecule has 2 aliphatic rings. The molecular formula is C25H28N2O6. The number of likely N-dealkylation sites (tertiary alicyclic amines) is 1. The highest BCUT2D eigenvalue weighted by Gasteiger charge is 2.51. The number of nitrogens with zero attached hydrogens (tertiary/aromatic N) is 1. The number of alkyl carbamates (subject to hydrolysis) is 1. The van der Waals surface area contributed by atoms with Crippen LogP contribution in [-0.2, 0) is 19.1 Å². The summed E-state index contributed by atoms with van der Waals surface area (Å²) in [6, 6.07) is 15.1. The summed E-state index contributed by atoms with van der Waals surface area (Å²) in [7, 11) is 1.43. The first kappa shape index (κ1) is 22.8. The molecule has 174 valence electrons. The van der Waals surface area contributed by atoms with Gasteiger partial charge in [0.25, 0.3) is 0 Å². The quantitative estimate of drug-likeness (QED) is 0.638. The minimum atomic E-state index is -0.950. The molecule has 0 aromatic heterocycles. The average molecular weight is 453 g/mol. The minimum Gasteiger partial charge on any atom is -0.481 e. The number of nitrogens with one attached hydrogen (secondary N) is 1. The van der Waals surface area contributed by atoms with Crippen LogP contribution in [-0.4, -0.2) is 67.4 Å². The highest BCUT2D eigenvalue weighted by molar-refractivity contribution is 5.89. The van der Waals surface area contributed by atoms with Crippen molar-refractivity contribution in [3.8, 4) is 11.1 Å². The van der Waals surface area contributed by atoms with Gasteiger partial charge in [0.2, 0.25) is 5.91 Å². The number of fused-ring (bicyclic) bond motifs is 3. The van der Waals surface area contributed by atoms with Crippen LogP contribution < -0.4 is 5.32 Å². The predicted octanol–water partition coefficient (Wildman–Crippen LogP) is 2.86. The van der Waals surface area contributed by atoms with Gasteiger partial charge in [-0.3, -0.25) is 9.59 Å². The van der Waals surface area contributed by atoms with E-state index in [1.54, 1.807) is 6.92 Å². The third-order valence-electron chi connectivity index (χ3n) is 6.70. The number of aliphatic carboxylic acids is 1. The van der Waals surface area contributed by atoms with Gasteiger partial charge in [0.05, 0.1) is 6.61 Å². The first-order valence-electron chi connectivity index (χ1n) is 11.0. The summed E-state index contributed by atoms with van der Waals surface area (Å²) in [6.45, 7) is 2.12. The highest BCUT2D eigenvalue weighted by atomic mass is 16.5. The van der Waals surface area contributed by atoms with Gasteiger partial charge in [-0.25, -0.2) is 4.79 Å². The molecule has 4 rings (SSSR count). The Kier molecular flexibility index (Phi) is 6.37. The maximum atomic E-state index is 12.8. The van der Waals surface area contributed by atoms with Gasteiger partial charge in [-0.05, 0) is 28.7 Å². The number of amides is 2. The fourth-order valence-corrected chi connectivity index (χ4v) is 4.69. The lowest BCUT2D eigenvalue weighted by Gasteiger charge is -2.47. The highest BCUT2D eigenvalue weighted by Crippen LogP contribution is 2.44. The number of benzene rings is 2. The summed E-state index contributed by atoms with van der Waals surface area (Å²) in [6.07, 6.45) is -0.284. The molecule has 1 atom stereocenters. The van der Waals surface area contributed by atoms with Crippen molar-refractivity contribution in [3.63, 3.8) is 0 Å². The predicted molar refractivity (Wildman–Crippen MR) is 121 cm³/mol. The van der Waals surface area contributed by atoms with Gasteiger partial charge >= 0.3 is 12.1 Å². The maximum Gasteiger partial charge on any atom is 0.407 e. The van der Waals surface area contributed by atoms with Crippen LogP contribution in [0.15, 0.2) is 48.5 Å². The zero-order valence-electron chi connectivity index (χ0n) is 18.7. The molecule has 0 spiro atoms. The fourth-order valence-electron chi connectivity index (χ4n) is 4.69. The van der Waals surface area contributed by atoms with E-state index in [1.807, 2.05) is 36.4 Å². The van der Waals surface area contributed by atoms with Crippen molar-refractivity contribution >= 4 is 18.0 Å². The summed E-state index contributed by atoms with van der Waals surface area (Å²) in [5, 5.41) is 12.0. The largest absolute Gasteiger partial charge is 0.481 e. The molecule has 0 radical (unpaired) electrons. The smallest absolute Gasteiger partial charge is 0.407 e. The van der Waals surface area contributed by atoms with Crippen LogP contribution in [0.1, 0.15) is 30.4 Å². The van der Waals surface area contributed by atoms with Crippen LogP contribution in [0.5, 0.6) is 0 Å². The molecule has 8 nitrogen and oxygen atoms in total. The van der Waals surface area contributed by atoms with E-state index >= 15 is 0 Å². The molecule has 1 saturated heterocycles. The second-order valence-electron chi connectivity index (χ2n) is 8.61. The Morgan fingerprint density at radius 1 is 1.09 bits per heavy atom. The van der Waals surface area contributed by atoms with Gasteiger partial charge < -0.3 is 24.8 Å². The molecule has 1 unspecified atom stereocenters. The Morgan fingerprint density at radius 3 is 2.18 bits per heavy atom. The molecule has 1 aliphatic heterocycles. The molecule has 0 saturated carbocycles. The van der Waals surface area contributed by atoms with Crippen molar-refractivity contribution in [3.05, 3.63) is 59.7 Å². The summed E-state index contributed by atoms with van der Waals surface area (Å²) in [4.78, 5) is 38.4. The Balaban J connectivity index is 1.38. The number of carbonyl (C=O) groups excluding carboxylic acids is 2. The third-order valence-corrected chi connectivity index (χ3v) is 6.70. The SMILES string of the molecule is CCC1(C(=O)O)CN(C(=O)C(COC)NC(=O)OCC2c3ccccc3-c3ccccc32)C1. The number of ether oxygens (including phenoxy) is 2. The van der Waals surface area contributed by atoms with Crippen molar-refractivity contribution in [1.82, 2.24) is 10.2 Å². The van der Waals surface area contributed by atoms with Crippen LogP contribution in [0, 0.1) is 5.41 Å². The molecule has 2 N–H and O–H groups in total. The van der Waals surface area contributed by atoms with E-state index in [1.165, 1.54) is 12.0 Å². The molecule has 33 heavy (non-hydrogen) atoms. The zero-order chi connectivity index (χ0) is 23.6. The lowest BCUT2D eigenvalue weighted by atomic mass is 9.77. The molecule has 2 aromatic rings. The normalized spacial score (nSPS) is 16.8. The summed E-state index contributed by atoms with van der Waals surface area (Å²) >= 11 is 0. The Hall–Kier alpha value is -3.39. The van der Waals surface area contributed by atoms with Crippen molar-refractivity contribution in [1.29, 1.82) is 0 Å². The lowest BCUT2D eigenvalue weighted by Crippen LogP contribution is -2.65. The van der Waals surface area contributed by atoms with Crippen molar-refractivity contribution in [2.24, 2.45) is 5.41 Å². The average Bonchev–Trinajstić information content (AvgIpc) is 3.10. The number of carboxylic acid groups (broad SMARTS) is 1. The van der Waals surface area contributed by atoms with Crippen molar-refractivity contribution < 1.29 is 29.0 Å². The van der Waals surface area contributed by atoms with Crippen molar-refractivity contribution in [2.45, 2.75) is 25.3 Å². The number of methoxy groups -OCH3 is 1. The maximum absolute atomic E-state index is 12.8. The molecular weight excluding hydrogens is 424 g/mol. The van der Waals surface area contributed by atoms with Gasteiger partial charge in [0.15, 0.2) is 0 Å². The van der Waals surface area contributed by atoms with Crippen LogP contribution in [0.25, 0.3) is 11.1 Å². The molecule has 0 bridgehead atoms. The van der Waals surface area contributed by atoms with Crippen LogP contribution >= 0.6 is 0 Å². The van der Waals surface area contributed by atoms with Gasteiger partial charge in [0.1, 0.15) is 18.1 Å². The fraction of sp³-hybridized carbons (Fsp3) is 0.400. The van der Waals surface area contributed by atoms with Crippen LogP contribution in [0.2, 0.25) is 0 Å². The van der Waals surface area contributed by atoms with E-state index < -0.39 is 23.5 Å². The van der Waals surface area contributed by atoms with E-state index in [4.69, 9.17) is 9.47 Å². The molecule has 1 aliphatic carbocycles. The van der Waals surface area contributed by atoms with Crippen LogP contribution in [0.3, 0.4) is 0 Å². The molecule has 1 fully saturated rings. The first-order chi connectivity index (χ1) is 15.9. The van der Waals surface area contributed by atoms with E-state index in [-0.39, 0.29) is 38.1 Å². The Labute approximate surface area is 192 Å². The standard InChI is InChI=1S/C25H28N2O6/c1-3-25(23(29)30)14-27(15-25)22(28)21(13-32-2)26-24(31)33-12-20-18-10-6-4-8-16(18)17-9-5-7-11-19(17)20/h4-11,20-21H,3,12-15H2,1-2H3,(H,26,31)(H,29,30). The van der Waals surface area contributed by atoms with E-state index in [2.05, 4.69) is 17.4 Å². The van der Waals surface area contributed by atoms with E-state index in [9.17, 15) is 19.5 Å². The lowest BCUT2D eigenvalue weighted by molar-refractivity contribution is -0.167. The third kappa shape index (κ3) is 4.18. The minimum absolute atomic E-state index is 0.0360. The first-order valence-corrected chi connectivity index (χ1v) is 11.0. The molecule has 2 amide bonds. The van der Waals surface area contributed by atoms with Crippen molar-refractivity contribution in [2.75, 3.05) is 33.4 Å². The zero-order valence-corrected chi connectivity index (χ0v) is 18.7. The summed E-state index contributed by atoms with van der Waals surface area (Å²) in [5.41, 5.74) is 3.54. The van der Waals surface area contributed by atoms with Crippen LogP contribution in [0.4, 0.5) is 4.79 Å². The van der Waals surface area contributed by atoms with Gasteiger partial charge in [-0.2, -0.15) is 0 Å². The number of carboxylic acids is 1. The monoisotopic (exact) mass is 452 g/mol. The van der Waals surface area contributed by atoms with E-state index in [0.29, 0.717) is 6.42 Å². The second kappa shape index (κ2) is 9.23. The number of hydrogen-bond acceptors (Lipinski definition) is 5. The van der Waals surface area contributed by atoms with Gasteiger partial charge in [-0.15, -0.1) is 0 Å². The number of hydrogen-bond donors (Lipinski definition) is 2. The number of carbonyl (C=O) groups is 3. The van der Waals surface area contributed by atoms with E-state index in [0.717, 1.165) is 22.3 Å². The second-order valence-corrected chi connectivity index (χ2v) is 8.61. The van der Waals surface area contributed by atoms with Gasteiger partial charge in [0, 0.05) is 26.1 Å². The molecule has 2 aromatic carbocycles. The Bertz CT molecular complexity index is 1020. The Morgan fingerprint density at radius 2 is 1.67 bits per heavy atom. The van der Waals surface area contributed by atoms with Gasteiger partial charge in [-0.1, -0.05) is 55.5 Å². The molecule has 8 heteroatoms. The topological polar surface area (TPSA) is 105 Å².